The summed E-state index contributed by atoms with van der Waals surface area (Å²) in [5, 5.41) is 28.0. The van der Waals surface area contributed by atoms with Gasteiger partial charge >= 0.3 is 5.56 Å². The van der Waals surface area contributed by atoms with Crippen molar-refractivity contribution in [2.45, 2.75) is 6.92 Å². The Morgan fingerprint density at radius 3 is 2.57 bits per heavy atom. The van der Waals surface area contributed by atoms with E-state index in [1.54, 1.807) is 6.92 Å². The lowest BCUT2D eigenvalue weighted by molar-refractivity contribution is 0.143. The minimum absolute atomic E-state index is 0.143. The molecule has 0 saturated carbocycles. The summed E-state index contributed by atoms with van der Waals surface area (Å²) in [5.41, 5.74) is 3.48. The molecule has 1 aromatic rings. The van der Waals surface area contributed by atoms with E-state index in [-0.39, 0.29) is 21.1 Å². The van der Waals surface area contributed by atoms with Crippen LogP contribution in [0.25, 0.3) is 0 Å². The second-order valence-corrected chi connectivity index (χ2v) is 2.54. The van der Waals surface area contributed by atoms with Crippen molar-refractivity contribution in [1.82, 2.24) is 9.46 Å². The van der Waals surface area contributed by atoms with Crippen molar-refractivity contribution >= 4 is 11.6 Å². The number of nitrogen functional groups attached to an aromatic ring is 1. The molecular formula is C6H11N5O3. The van der Waals surface area contributed by atoms with Crippen LogP contribution in [0.4, 0.5) is 11.6 Å². The van der Waals surface area contributed by atoms with Crippen LogP contribution in [-0.4, -0.2) is 26.4 Å². The fourth-order valence-electron chi connectivity index (χ4n) is 0.955. The summed E-state index contributed by atoms with van der Waals surface area (Å²) in [4.78, 5) is 11.1. The monoisotopic (exact) mass is 201 g/mol. The highest BCUT2D eigenvalue weighted by Gasteiger charge is 2.13. The molecule has 8 nitrogen and oxygen atoms in total. The Balaban J connectivity index is 3.60. The summed E-state index contributed by atoms with van der Waals surface area (Å²) < 4.78 is 0.390. The molecule has 78 valence electrons. The normalized spacial score (nSPS) is 10.1. The van der Waals surface area contributed by atoms with Crippen LogP contribution < -0.4 is 22.1 Å². The maximum atomic E-state index is 11.1. The smallest absolute Gasteiger partial charge is 0.330 e. The van der Waals surface area contributed by atoms with Gasteiger partial charge in [0.15, 0.2) is 11.6 Å². The van der Waals surface area contributed by atoms with E-state index in [1.165, 1.54) is 0 Å². The van der Waals surface area contributed by atoms with Crippen molar-refractivity contribution in [1.29, 1.82) is 5.41 Å². The molecule has 0 unspecified atom stereocenters. The lowest BCUT2D eigenvalue weighted by atomic mass is 10.5. The van der Waals surface area contributed by atoms with Crippen molar-refractivity contribution < 1.29 is 10.4 Å². The third-order valence-electron chi connectivity index (χ3n) is 1.63. The average Bonchev–Trinajstić information content (AvgIpc) is 2.19. The Morgan fingerprint density at radius 1 is 1.50 bits per heavy atom. The SMILES string of the molecule is CCNc1c(N)n(O)c(=N)c(=O)n1O. The number of aromatic nitrogens is 2. The number of nitrogens with one attached hydrogen (secondary N) is 2. The molecule has 1 heterocycles. The standard InChI is InChI=1S/C6H11N5O3/c1-2-9-5-3(7)10(13)4(8)6(12)11(5)14/h8-9,13-14H,2,7H2,1H3. The van der Waals surface area contributed by atoms with Crippen molar-refractivity contribution in [2.75, 3.05) is 17.6 Å². The molecule has 0 aliphatic rings. The highest BCUT2D eigenvalue weighted by Crippen LogP contribution is 2.10. The molecular weight excluding hydrogens is 190 g/mol. The third kappa shape index (κ3) is 1.26. The van der Waals surface area contributed by atoms with Crippen molar-refractivity contribution in [2.24, 2.45) is 0 Å². The van der Waals surface area contributed by atoms with Crippen LogP contribution in [0.15, 0.2) is 4.79 Å². The number of rotatable bonds is 2. The van der Waals surface area contributed by atoms with Crippen molar-refractivity contribution in [3.05, 3.63) is 15.8 Å². The second kappa shape index (κ2) is 3.32. The van der Waals surface area contributed by atoms with Gasteiger partial charge in [0, 0.05) is 6.54 Å². The third-order valence-corrected chi connectivity index (χ3v) is 1.63. The summed E-state index contributed by atoms with van der Waals surface area (Å²) in [6, 6.07) is 0. The van der Waals surface area contributed by atoms with E-state index < -0.39 is 11.0 Å². The van der Waals surface area contributed by atoms with E-state index in [0.717, 1.165) is 0 Å². The van der Waals surface area contributed by atoms with Crippen molar-refractivity contribution in [3.8, 4) is 0 Å². The van der Waals surface area contributed by atoms with Crippen LogP contribution in [0, 0.1) is 5.41 Å². The molecule has 0 aromatic carbocycles. The zero-order valence-electron chi connectivity index (χ0n) is 7.48. The highest BCUT2D eigenvalue weighted by atomic mass is 16.5. The Hall–Kier alpha value is -2.12. The Morgan fingerprint density at radius 2 is 2.07 bits per heavy atom. The summed E-state index contributed by atoms with van der Waals surface area (Å²) >= 11 is 0. The molecule has 1 rings (SSSR count). The summed E-state index contributed by atoms with van der Waals surface area (Å²) in [5.74, 6) is -0.449. The molecule has 0 aliphatic carbocycles. The molecule has 6 N–H and O–H groups in total. The van der Waals surface area contributed by atoms with Crippen LogP contribution in [0.1, 0.15) is 6.92 Å². The number of hydrogen-bond donors (Lipinski definition) is 5. The predicted octanol–water partition coefficient (Wildman–Crippen LogP) is -1.38. The molecule has 0 bridgehead atoms. The minimum atomic E-state index is -1.06. The Kier molecular flexibility index (Phi) is 2.36. The molecule has 8 heteroatoms. The number of nitrogens with zero attached hydrogens (tertiary/aromatic N) is 2. The molecule has 0 saturated heterocycles. The molecule has 1 aromatic heterocycles. The van der Waals surface area contributed by atoms with Gasteiger partial charge in [-0.3, -0.25) is 10.2 Å². The van der Waals surface area contributed by atoms with E-state index in [4.69, 9.17) is 16.4 Å². The van der Waals surface area contributed by atoms with Gasteiger partial charge in [-0.2, -0.15) is 0 Å². The first kappa shape index (κ1) is 9.96. The zero-order chi connectivity index (χ0) is 10.9. The van der Waals surface area contributed by atoms with E-state index >= 15 is 0 Å². The van der Waals surface area contributed by atoms with E-state index in [1.807, 2.05) is 0 Å². The first-order chi connectivity index (χ1) is 6.50. The zero-order valence-corrected chi connectivity index (χ0v) is 7.48. The van der Waals surface area contributed by atoms with Crippen LogP contribution in [0.5, 0.6) is 0 Å². The number of hydrogen-bond acceptors (Lipinski definition) is 6. The van der Waals surface area contributed by atoms with Gasteiger partial charge in [0.1, 0.15) is 0 Å². The second-order valence-electron chi connectivity index (χ2n) is 2.54. The van der Waals surface area contributed by atoms with Gasteiger partial charge in [-0.15, -0.1) is 9.46 Å². The maximum Gasteiger partial charge on any atom is 0.330 e. The van der Waals surface area contributed by atoms with Gasteiger partial charge in [-0.25, -0.2) is 0 Å². The molecule has 0 fully saturated rings. The first-order valence-electron chi connectivity index (χ1n) is 3.85. The fraction of sp³-hybridized carbons (Fsp3) is 0.333. The van der Waals surface area contributed by atoms with E-state index in [9.17, 15) is 10.0 Å². The molecule has 14 heavy (non-hydrogen) atoms. The van der Waals surface area contributed by atoms with E-state index in [2.05, 4.69) is 5.32 Å². The predicted molar refractivity (Wildman–Crippen MR) is 47.5 cm³/mol. The van der Waals surface area contributed by atoms with Crippen molar-refractivity contribution in [3.63, 3.8) is 0 Å². The van der Waals surface area contributed by atoms with Crippen LogP contribution >= 0.6 is 0 Å². The largest absolute Gasteiger partial charge is 0.425 e. The number of anilines is 2. The quantitative estimate of drug-likeness (QED) is 0.376. The maximum absolute atomic E-state index is 11.1. The lowest BCUT2D eigenvalue weighted by Crippen LogP contribution is -2.42. The van der Waals surface area contributed by atoms with Crippen LogP contribution in [-0.2, 0) is 0 Å². The van der Waals surface area contributed by atoms with Gasteiger partial charge in [0.25, 0.3) is 0 Å². The summed E-state index contributed by atoms with van der Waals surface area (Å²) in [6.45, 7) is 2.13. The van der Waals surface area contributed by atoms with Crippen LogP contribution in [0.3, 0.4) is 0 Å². The molecule has 0 atom stereocenters. The molecule has 0 radical (unpaired) electrons. The summed E-state index contributed by atoms with van der Waals surface area (Å²) in [7, 11) is 0. The van der Waals surface area contributed by atoms with Crippen LogP contribution in [0.2, 0.25) is 0 Å². The van der Waals surface area contributed by atoms with Gasteiger partial charge in [0.2, 0.25) is 5.49 Å². The summed E-state index contributed by atoms with van der Waals surface area (Å²) in [6.07, 6.45) is 0. The number of nitrogens with two attached hydrogens (primary N) is 1. The average molecular weight is 201 g/mol. The topological polar surface area (TPSA) is 129 Å². The minimum Gasteiger partial charge on any atom is -0.425 e. The van der Waals surface area contributed by atoms with Gasteiger partial charge < -0.3 is 21.5 Å². The van der Waals surface area contributed by atoms with E-state index in [0.29, 0.717) is 6.54 Å². The molecule has 0 amide bonds. The van der Waals surface area contributed by atoms with Gasteiger partial charge in [0.05, 0.1) is 0 Å². The molecule has 0 aliphatic heterocycles. The molecule has 0 spiro atoms. The van der Waals surface area contributed by atoms with Gasteiger partial charge in [-0.05, 0) is 6.92 Å². The Bertz CT molecular complexity index is 460. The Labute approximate surface area is 78.3 Å². The van der Waals surface area contributed by atoms with Gasteiger partial charge in [-0.1, -0.05) is 0 Å². The fourth-order valence-corrected chi connectivity index (χ4v) is 0.955. The highest BCUT2D eigenvalue weighted by molar-refractivity contribution is 5.55. The lowest BCUT2D eigenvalue weighted by Gasteiger charge is -2.12. The first-order valence-corrected chi connectivity index (χ1v) is 3.85.